The third kappa shape index (κ3) is 4.38. The van der Waals surface area contributed by atoms with Gasteiger partial charge in [0.05, 0.1) is 17.7 Å². The monoisotopic (exact) mass is 282 g/mol. The Morgan fingerprint density at radius 2 is 1.95 bits per heavy atom. The van der Waals surface area contributed by atoms with Gasteiger partial charge in [-0.05, 0) is 19.1 Å². The number of nitrogens with one attached hydrogen (secondary N) is 1. The molecule has 3 nitrogen and oxygen atoms in total. The van der Waals surface area contributed by atoms with E-state index in [-0.39, 0.29) is 0 Å². The average Bonchev–Trinajstić information content (AvgIpc) is 2.20. The highest BCUT2D eigenvalue weighted by Gasteiger charge is 2.31. The van der Waals surface area contributed by atoms with Crippen LogP contribution >= 0.6 is 0 Å². The molecule has 8 heteroatoms. The second-order valence-corrected chi connectivity index (χ2v) is 4.05. The molecule has 0 aliphatic carbocycles. The van der Waals surface area contributed by atoms with E-state index in [4.69, 9.17) is 5.73 Å². The Hall–Kier alpha value is -1.86. The van der Waals surface area contributed by atoms with Crippen molar-refractivity contribution >= 4 is 11.6 Å². The van der Waals surface area contributed by atoms with Crippen molar-refractivity contribution in [3.8, 4) is 0 Å². The zero-order valence-corrected chi connectivity index (χ0v) is 9.81. The molecular weight excluding hydrogens is 271 g/mol. The lowest BCUT2D eigenvalue weighted by Gasteiger charge is -2.16. The van der Waals surface area contributed by atoms with Crippen molar-refractivity contribution in [2.45, 2.75) is 25.6 Å². The molecule has 1 rings (SSSR count). The Morgan fingerprint density at radius 1 is 1.37 bits per heavy atom. The molecule has 0 heterocycles. The number of carbonyl (C=O) groups is 1. The predicted molar refractivity (Wildman–Crippen MR) is 58.4 cm³/mol. The van der Waals surface area contributed by atoms with E-state index in [1.165, 1.54) is 0 Å². The van der Waals surface area contributed by atoms with Crippen LogP contribution in [0.15, 0.2) is 12.1 Å². The van der Waals surface area contributed by atoms with Crippen molar-refractivity contribution in [1.82, 2.24) is 5.32 Å². The molecule has 0 aliphatic rings. The summed E-state index contributed by atoms with van der Waals surface area (Å²) in [7, 11) is 0. The minimum atomic E-state index is -4.47. The van der Waals surface area contributed by atoms with Gasteiger partial charge in [-0.15, -0.1) is 0 Å². The summed E-state index contributed by atoms with van der Waals surface area (Å²) in [6.45, 7) is 1.10. The first-order valence-electron chi connectivity index (χ1n) is 5.22. The lowest BCUT2D eigenvalue weighted by molar-refractivity contribution is -0.138. The maximum Gasteiger partial charge on any atom is 0.391 e. The molecule has 0 aromatic heterocycles. The fraction of sp³-hybridized carbons (Fsp3) is 0.364. The Balaban J connectivity index is 2.85. The van der Waals surface area contributed by atoms with Gasteiger partial charge in [0.15, 0.2) is 5.82 Å². The summed E-state index contributed by atoms with van der Waals surface area (Å²) in [5.41, 5.74) is 3.80. The van der Waals surface area contributed by atoms with Crippen LogP contribution in [0.1, 0.15) is 23.7 Å². The van der Waals surface area contributed by atoms with E-state index in [1.807, 2.05) is 5.32 Å². The van der Waals surface area contributed by atoms with Crippen LogP contribution in [0.4, 0.5) is 27.6 Å². The molecule has 0 bridgehead atoms. The van der Waals surface area contributed by atoms with E-state index < -0.39 is 47.4 Å². The third-order valence-corrected chi connectivity index (χ3v) is 2.23. The van der Waals surface area contributed by atoms with Gasteiger partial charge < -0.3 is 11.1 Å². The van der Waals surface area contributed by atoms with Crippen molar-refractivity contribution in [3.05, 3.63) is 29.3 Å². The standard InChI is InChI=1S/C11H11F5N2O/c1-5(4-11(14,15)16)18-10(19)7-2-6(12)3-8(17)9(7)13/h2-3,5H,4,17H2,1H3,(H,18,19). The molecule has 0 saturated heterocycles. The van der Waals surface area contributed by atoms with Crippen molar-refractivity contribution in [3.63, 3.8) is 0 Å². The molecule has 1 atom stereocenters. The number of amides is 1. The first-order valence-corrected chi connectivity index (χ1v) is 5.22. The Bertz CT molecular complexity index is 487. The number of nitrogen functional groups attached to an aromatic ring is 1. The fourth-order valence-corrected chi connectivity index (χ4v) is 1.48. The predicted octanol–water partition coefficient (Wildman–Crippen LogP) is 2.62. The molecule has 0 saturated carbocycles. The van der Waals surface area contributed by atoms with Gasteiger partial charge in [-0.25, -0.2) is 8.78 Å². The SMILES string of the molecule is CC(CC(F)(F)F)NC(=O)c1cc(F)cc(N)c1F. The summed E-state index contributed by atoms with van der Waals surface area (Å²) < 4.78 is 62.6. The number of benzene rings is 1. The van der Waals surface area contributed by atoms with Crippen LogP contribution in [-0.4, -0.2) is 18.1 Å². The lowest BCUT2D eigenvalue weighted by Crippen LogP contribution is -2.36. The minimum absolute atomic E-state index is 0.571. The highest BCUT2D eigenvalue weighted by atomic mass is 19.4. The number of nitrogens with two attached hydrogens (primary N) is 1. The zero-order chi connectivity index (χ0) is 14.8. The molecule has 0 radical (unpaired) electrons. The van der Waals surface area contributed by atoms with Gasteiger partial charge in [0.25, 0.3) is 5.91 Å². The van der Waals surface area contributed by atoms with E-state index in [2.05, 4.69) is 0 Å². The highest BCUT2D eigenvalue weighted by molar-refractivity contribution is 5.95. The smallest absolute Gasteiger partial charge is 0.391 e. The molecule has 0 aliphatic heterocycles. The summed E-state index contributed by atoms with van der Waals surface area (Å²) in [6, 6.07) is -0.0246. The van der Waals surface area contributed by atoms with Crippen molar-refractivity contribution in [2.75, 3.05) is 5.73 Å². The maximum atomic E-state index is 13.4. The van der Waals surface area contributed by atoms with Gasteiger partial charge >= 0.3 is 6.18 Å². The molecule has 1 amide bonds. The molecule has 3 N–H and O–H groups in total. The fourth-order valence-electron chi connectivity index (χ4n) is 1.48. The van der Waals surface area contributed by atoms with Crippen molar-refractivity contribution in [1.29, 1.82) is 0 Å². The molecule has 106 valence electrons. The number of hydrogen-bond donors (Lipinski definition) is 2. The quantitative estimate of drug-likeness (QED) is 0.661. The van der Waals surface area contributed by atoms with Crippen LogP contribution in [0.2, 0.25) is 0 Å². The van der Waals surface area contributed by atoms with E-state index in [0.717, 1.165) is 6.92 Å². The van der Waals surface area contributed by atoms with Gasteiger partial charge in [0.2, 0.25) is 0 Å². The van der Waals surface area contributed by atoms with Gasteiger partial charge in [-0.1, -0.05) is 0 Å². The summed E-state index contributed by atoms with van der Waals surface area (Å²) in [5, 5.41) is 1.93. The van der Waals surface area contributed by atoms with Gasteiger partial charge in [-0.3, -0.25) is 4.79 Å². The Labute approximate surface area is 105 Å². The lowest BCUT2D eigenvalue weighted by atomic mass is 10.1. The maximum absolute atomic E-state index is 13.4. The first-order chi connectivity index (χ1) is 8.60. The largest absolute Gasteiger partial charge is 0.396 e. The van der Waals surface area contributed by atoms with E-state index in [9.17, 15) is 26.7 Å². The normalized spacial score (nSPS) is 13.2. The van der Waals surface area contributed by atoms with Crippen LogP contribution in [0.5, 0.6) is 0 Å². The van der Waals surface area contributed by atoms with E-state index in [0.29, 0.717) is 12.1 Å². The molecule has 0 fully saturated rings. The number of rotatable bonds is 3. The second-order valence-electron chi connectivity index (χ2n) is 4.05. The van der Waals surface area contributed by atoms with Crippen LogP contribution in [0.25, 0.3) is 0 Å². The van der Waals surface area contributed by atoms with Gasteiger partial charge in [0, 0.05) is 6.04 Å². The van der Waals surface area contributed by atoms with Gasteiger partial charge in [-0.2, -0.15) is 13.2 Å². The average molecular weight is 282 g/mol. The Kier molecular flexibility index (Phi) is 4.33. The first kappa shape index (κ1) is 15.2. The van der Waals surface area contributed by atoms with E-state index >= 15 is 0 Å². The number of anilines is 1. The Morgan fingerprint density at radius 3 is 2.47 bits per heavy atom. The molecule has 1 aromatic carbocycles. The highest BCUT2D eigenvalue weighted by Crippen LogP contribution is 2.22. The number of halogens is 5. The molecule has 19 heavy (non-hydrogen) atoms. The third-order valence-electron chi connectivity index (χ3n) is 2.23. The van der Waals surface area contributed by atoms with Crippen molar-refractivity contribution in [2.24, 2.45) is 0 Å². The molecule has 1 unspecified atom stereocenters. The molecule has 1 aromatic rings. The minimum Gasteiger partial charge on any atom is -0.396 e. The van der Waals surface area contributed by atoms with Gasteiger partial charge in [0.1, 0.15) is 5.82 Å². The number of hydrogen-bond acceptors (Lipinski definition) is 2. The zero-order valence-electron chi connectivity index (χ0n) is 9.81. The summed E-state index contributed by atoms with van der Waals surface area (Å²) in [6.07, 6.45) is -5.74. The van der Waals surface area contributed by atoms with Crippen molar-refractivity contribution < 1.29 is 26.7 Å². The molecular formula is C11H11F5N2O. The van der Waals surface area contributed by atoms with Crippen LogP contribution < -0.4 is 11.1 Å². The van der Waals surface area contributed by atoms with Crippen LogP contribution in [0.3, 0.4) is 0 Å². The molecule has 0 spiro atoms. The van der Waals surface area contributed by atoms with Crippen LogP contribution in [-0.2, 0) is 0 Å². The summed E-state index contributed by atoms with van der Waals surface area (Å²) in [5.74, 6) is -3.27. The van der Waals surface area contributed by atoms with Crippen LogP contribution in [0, 0.1) is 11.6 Å². The number of alkyl halides is 3. The summed E-state index contributed by atoms with van der Waals surface area (Å²) in [4.78, 5) is 11.5. The number of carbonyl (C=O) groups excluding carboxylic acids is 1. The van der Waals surface area contributed by atoms with E-state index in [1.54, 1.807) is 0 Å². The summed E-state index contributed by atoms with van der Waals surface area (Å²) >= 11 is 0. The second kappa shape index (κ2) is 5.41. The topological polar surface area (TPSA) is 55.1 Å².